The van der Waals surface area contributed by atoms with Crippen molar-refractivity contribution in [2.75, 3.05) is 7.11 Å². The molecule has 2 unspecified atom stereocenters. The van der Waals surface area contributed by atoms with E-state index in [4.69, 9.17) is 9.16 Å². The second-order valence-corrected chi connectivity index (χ2v) is 10.8. The number of methoxy groups -OCH3 is 1. The highest BCUT2D eigenvalue weighted by atomic mass is 28.4. The van der Waals surface area contributed by atoms with E-state index in [1.54, 1.807) is 0 Å². The summed E-state index contributed by atoms with van der Waals surface area (Å²) in [7, 11) is 0.328. The zero-order chi connectivity index (χ0) is 13.4. The Balaban J connectivity index is 2.19. The first-order valence-corrected chi connectivity index (χ1v) is 9.95. The van der Waals surface area contributed by atoms with Gasteiger partial charge in [-0.25, -0.2) is 0 Å². The highest BCUT2D eigenvalue weighted by Gasteiger charge is 2.71. The molecule has 2 aliphatic carbocycles. The molecule has 2 aliphatic rings. The third-order valence-corrected chi connectivity index (χ3v) is 10.0. The molecule has 1 saturated carbocycles. The lowest BCUT2D eigenvalue weighted by Crippen LogP contribution is -2.45. The van der Waals surface area contributed by atoms with E-state index >= 15 is 0 Å². The molecule has 2 atom stereocenters. The lowest BCUT2D eigenvalue weighted by Gasteiger charge is -2.37. The minimum atomic E-state index is -1.53. The van der Waals surface area contributed by atoms with Gasteiger partial charge < -0.3 is 9.16 Å². The molecule has 0 aromatic rings. The predicted molar refractivity (Wildman–Crippen MR) is 78.4 cm³/mol. The molecule has 0 aliphatic heterocycles. The maximum Gasteiger partial charge on any atom is 0.192 e. The Morgan fingerprint density at radius 1 is 1.17 bits per heavy atom. The van der Waals surface area contributed by atoms with Gasteiger partial charge in [0, 0.05) is 13.5 Å². The molecular weight excluding hydrogens is 240 g/mol. The van der Waals surface area contributed by atoms with Crippen molar-refractivity contribution in [2.24, 2.45) is 0 Å². The third kappa shape index (κ3) is 2.00. The standard InChI is InChI=1S/C15H28O2Si/c1-6-18(7-2,8-3)17-14-10-9-13(4)11-15(14,12-14)16-5/h9H,6-8,10-12H2,1-5H3. The number of hydrogen-bond acceptors (Lipinski definition) is 2. The minimum Gasteiger partial charge on any atom is -0.408 e. The fraction of sp³-hybridized carbons (Fsp3) is 0.867. The summed E-state index contributed by atoms with van der Waals surface area (Å²) in [4.78, 5) is 0. The van der Waals surface area contributed by atoms with Crippen LogP contribution in [0.25, 0.3) is 0 Å². The molecular formula is C15H28O2Si. The van der Waals surface area contributed by atoms with Crippen LogP contribution in [0.15, 0.2) is 11.6 Å². The second-order valence-electron chi connectivity index (χ2n) is 6.15. The second kappa shape index (κ2) is 4.77. The normalized spacial score (nSPS) is 35.1. The summed E-state index contributed by atoms with van der Waals surface area (Å²) in [5.41, 5.74) is 1.49. The summed E-state index contributed by atoms with van der Waals surface area (Å²) in [5, 5.41) is 0. The van der Waals surface area contributed by atoms with Crippen LogP contribution in [0.4, 0.5) is 0 Å². The van der Waals surface area contributed by atoms with Gasteiger partial charge in [0.25, 0.3) is 0 Å². The molecule has 104 valence electrons. The van der Waals surface area contributed by atoms with Crippen LogP contribution in [0.5, 0.6) is 0 Å². The van der Waals surface area contributed by atoms with Crippen LogP contribution < -0.4 is 0 Å². The van der Waals surface area contributed by atoms with Crippen LogP contribution in [0.1, 0.15) is 47.0 Å². The molecule has 2 nitrogen and oxygen atoms in total. The van der Waals surface area contributed by atoms with Gasteiger partial charge in [0.05, 0.1) is 5.60 Å². The summed E-state index contributed by atoms with van der Waals surface area (Å²) < 4.78 is 12.7. The molecule has 0 aromatic heterocycles. The Morgan fingerprint density at radius 3 is 2.28 bits per heavy atom. The van der Waals surface area contributed by atoms with Gasteiger partial charge in [-0.05, 0) is 37.9 Å². The molecule has 0 N–H and O–H groups in total. The molecule has 1 fully saturated rings. The lowest BCUT2D eigenvalue weighted by atomic mass is 9.95. The van der Waals surface area contributed by atoms with Crippen molar-refractivity contribution in [2.45, 2.75) is 76.3 Å². The Morgan fingerprint density at radius 2 is 1.78 bits per heavy atom. The van der Waals surface area contributed by atoms with Crippen molar-refractivity contribution in [3.63, 3.8) is 0 Å². The van der Waals surface area contributed by atoms with Gasteiger partial charge in [0.1, 0.15) is 5.60 Å². The Labute approximate surface area is 113 Å². The largest absolute Gasteiger partial charge is 0.408 e. The quantitative estimate of drug-likeness (QED) is 0.529. The number of rotatable bonds is 6. The van der Waals surface area contributed by atoms with Crippen molar-refractivity contribution in [1.29, 1.82) is 0 Å². The van der Waals surface area contributed by atoms with Crippen molar-refractivity contribution in [3.05, 3.63) is 11.6 Å². The van der Waals surface area contributed by atoms with E-state index < -0.39 is 8.32 Å². The summed E-state index contributed by atoms with van der Waals surface area (Å²) in [6.45, 7) is 9.12. The van der Waals surface area contributed by atoms with Crippen molar-refractivity contribution >= 4 is 8.32 Å². The van der Waals surface area contributed by atoms with E-state index in [0.717, 1.165) is 19.3 Å². The molecule has 18 heavy (non-hydrogen) atoms. The van der Waals surface area contributed by atoms with Crippen molar-refractivity contribution in [3.8, 4) is 0 Å². The van der Waals surface area contributed by atoms with E-state index in [9.17, 15) is 0 Å². The van der Waals surface area contributed by atoms with Gasteiger partial charge in [-0.3, -0.25) is 0 Å². The Hall–Kier alpha value is -0.123. The summed E-state index contributed by atoms with van der Waals surface area (Å²) in [6.07, 6.45) is 5.58. The first-order valence-electron chi connectivity index (χ1n) is 7.42. The molecule has 2 rings (SSSR count). The van der Waals surface area contributed by atoms with Gasteiger partial charge in [-0.1, -0.05) is 32.4 Å². The van der Waals surface area contributed by atoms with Gasteiger partial charge in [-0.2, -0.15) is 0 Å². The monoisotopic (exact) mass is 268 g/mol. The number of fused-ring (bicyclic) bond motifs is 1. The van der Waals surface area contributed by atoms with Gasteiger partial charge in [-0.15, -0.1) is 0 Å². The molecule has 0 bridgehead atoms. The smallest absolute Gasteiger partial charge is 0.192 e. The van der Waals surface area contributed by atoms with E-state index in [1.807, 2.05) is 7.11 Å². The molecule has 0 radical (unpaired) electrons. The lowest BCUT2D eigenvalue weighted by molar-refractivity contribution is -0.00746. The average Bonchev–Trinajstić information content (AvgIpc) is 3.04. The van der Waals surface area contributed by atoms with Crippen LogP contribution in [0.3, 0.4) is 0 Å². The van der Waals surface area contributed by atoms with Crippen LogP contribution in [0.2, 0.25) is 18.1 Å². The SMILES string of the molecule is CC[Si](CC)(CC)OC12CC=C(C)CC1(OC)C2. The van der Waals surface area contributed by atoms with Crippen molar-refractivity contribution < 1.29 is 9.16 Å². The summed E-state index contributed by atoms with van der Waals surface area (Å²) in [6, 6.07) is 3.68. The maximum absolute atomic E-state index is 6.80. The van der Waals surface area contributed by atoms with Crippen LogP contribution >= 0.6 is 0 Å². The fourth-order valence-corrected chi connectivity index (χ4v) is 6.75. The Bertz CT molecular complexity index is 340. The van der Waals surface area contributed by atoms with E-state index in [0.29, 0.717) is 0 Å². The zero-order valence-electron chi connectivity index (χ0n) is 12.6. The van der Waals surface area contributed by atoms with Crippen LogP contribution in [0, 0.1) is 0 Å². The highest BCUT2D eigenvalue weighted by molar-refractivity contribution is 6.73. The van der Waals surface area contributed by atoms with Gasteiger partial charge in [0.15, 0.2) is 8.32 Å². The summed E-state index contributed by atoms with van der Waals surface area (Å²) in [5.74, 6) is 0. The van der Waals surface area contributed by atoms with Crippen LogP contribution in [-0.2, 0) is 9.16 Å². The zero-order valence-corrected chi connectivity index (χ0v) is 13.6. The molecule has 0 amide bonds. The third-order valence-electron chi connectivity index (χ3n) is 5.36. The molecule has 0 heterocycles. The van der Waals surface area contributed by atoms with Crippen LogP contribution in [-0.4, -0.2) is 26.6 Å². The predicted octanol–water partition coefficient (Wildman–Crippen LogP) is 4.28. The first kappa shape index (κ1) is 14.3. The average molecular weight is 268 g/mol. The molecule has 3 heteroatoms. The van der Waals surface area contributed by atoms with E-state index in [1.165, 1.54) is 23.7 Å². The number of hydrogen-bond donors (Lipinski definition) is 0. The van der Waals surface area contributed by atoms with Gasteiger partial charge in [0.2, 0.25) is 0 Å². The highest BCUT2D eigenvalue weighted by Crippen LogP contribution is 2.62. The Kier molecular flexibility index (Phi) is 3.78. The number of ether oxygens (including phenoxy) is 1. The maximum atomic E-state index is 6.80. The topological polar surface area (TPSA) is 18.5 Å². The van der Waals surface area contributed by atoms with Gasteiger partial charge >= 0.3 is 0 Å². The van der Waals surface area contributed by atoms with Crippen molar-refractivity contribution in [1.82, 2.24) is 0 Å². The molecule has 0 spiro atoms. The molecule has 0 aromatic carbocycles. The minimum absolute atomic E-state index is 0.00356. The summed E-state index contributed by atoms with van der Waals surface area (Å²) >= 11 is 0. The fourth-order valence-electron chi connectivity index (χ4n) is 3.64. The molecule has 0 saturated heterocycles. The van der Waals surface area contributed by atoms with E-state index in [2.05, 4.69) is 33.8 Å². The van der Waals surface area contributed by atoms with E-state index in [-0.39, 0.29) is 11.2 Å². The first-order chi connectivity index (χ1) is 8.51.